The van der Waals surface area contributed by atoms with Crippen molar-refractivity contribution < 1.29 is 14.9 Å². The van der Waals surface area contributed by atoms with Crippen LogP contribution in [0.3, 0.4) is 0 Å². The number of rotatable bonds is 11. The molecule has 0 aliphatic rings. The summed E-state index contributed by atoms with van der Waals surface area (Å²) in [5, 5.41) is 26.2. The lowest BCUT2D eigenvalue weighted by Crippen LogP contribution is -2.36. The Balaban J connectivity index is 1.49. The van der Waals surface area contributed by atoms with E-state index in [0.29, 0.717) is 19.6 Å². The van der Waals surface area contributed by atoms with E-state index >= 15 is 0 Å². The molecular weight excluding hydrogens is 304 g/mol. The maximum absolute atomic E-state index is 10.0. The zero-order valence-corrected chi connectivity index (χ0v) is 13.8. The first-order valence-electron chi connectivity index (χ1n) is 8.26. The summed E-state index contributed by atoms with van der Waals surface area (Å²) in [7, 11) is 0. The third-order valence-corrected chi connectivity index (χ3v) is 3.57. The van der Waals surface area contributed by atoms with Gasteiger partial charge in [-0.25, -0.2) is 0 Å². The molecule has 0 saturated heterocycles. The largest absolute Gasteiger partial charge is 0.491 e. The Morgan fingerprint density at radius 1 is 0.792 bits per heavy atom. The lowest BCUT2D eigenvalue weighted by atomic mass is 10.1. The summed E-state index contributed by atoms with van der Waals surface area (Å²) < 4.78 is 5.49. The molecule has 0 spiro atoms. The van der Waals surface area contributed by atoms with E-state index in [1.807, 2.05) is 60.7 Å². The summed E-state index contributed by atoms with van der Waals surface area (Å²) in [6.07, 6.45) is -1.06. The Morgan fingerprint density at radius 3 is 2.04 bits per heavy atom. The van der Waals surface area contributed by atoms with Gasteiger partial charge in [0.2, 0.25) is 0 Å². The molecule has 0 bridgehead atoms. The van der Waals surface area contributed by atoms with Gasteiger partial charge in [0.05, 0.1) is 6.10 Å². The highest BCUT2D eigenvalue weighted by Gasteiger charge is 2.06. The fourth-order valence-corrected chi connectivity index (χ4v) is 2.25. The fraction of sp³-hybridized carbons (Fsp3) is 0.368. The number of ether oxygens (including phenoxy) is 1. The molecule has 0 fully saturated rings. The molecule has 2 unspecified atom stereocenters. The molecule has 0 aliphatic carbocycles. The minimum Gasteiger partial charge on any atom is -0.491 e. The maximum Gasteiger partial charge on any atom is 0.119 e. The molecule has 4 N–H and O–H groups in total. The van der Waals surface area contributed by atoms with E-state index in [9.17, 15) is 10.2 Å². The molecular formula is C19H26N2O3. The highest BCUT2D eigenvalue weighted by atomic mass is 16.5. The van der Waals surface area contributed by atoms with Gasteiger partial charge in [-0.05, 0) is 17.7 Å². The van der Waals surface area contributed by atoms with Crippen LogP contribution in [0.4, 0.5) is 0 Å². The second-order valence-electron chi connectivity index (χ2n) is 5.61. The summed E-state index contributed by atoms with van der Waals surface area (Å²) in [6.45, 7) is 2.67. The molecule has 2 rings (SSSR count). The maximum atomic E-state index is 10.0. The van der Waals surface area contributed by atoms with Crippen LogP contribution >= 0.6 is 0 Å². The smallest absolute Gasteiger partial charge is 0.119 e. The van der Waals surface area contributed by atoms with E-state index in [-0.39, 0.29) is 6.61 Å². The van der Waals surface area contributed by atoms with Crippen molar-refractivity contribution in [1.82, 2.24) is 10.6 Å². The second-order valence-corrected chi connectivity index (χ2v) is 5.61. The molecule has 5 heteroatoms. The molecule has 0 amide bonds. The molecule has 2 aromatic rings. The van der Waals surface area contributed by atoms with Crippen LogP contribution in [0.1, 0.15) is 11.7 Å². The van der Waals surface area contributed by atoms with E-state index in [1.54, 1.807) is 0 Å². The Labute approximate surface area is 143 Å². The number of nitrogens with one attached hydrogen (secondary N) is 2. The second kappa shape index (κ2) is 10.8. The fourth-order valence-electron chi connectivity index (χ4n) is 2.25. The molecule has 2 atom stereocenters. The summed E-state index contributed by atoms with van der Waals surface area (Å²) in [5.41, 5.74) is 0.909. The molecule has 0 aromatic heterocycles. The number of hydrogen-bond acceptors (Lipinski definition) is 5. The third kappa shape index (κ3) is 7.10. The van der Waals surface area contributed by atoms with E-state index in [1.165, 1.54) is 0 Å². The lowest BCUT2D eigenvalue weighted by Gasteiger charge is -2.14. The summed E-state index contributed by atoms with van der Waals surface area (Å²) in [6, 6.07) is 19.0. The molecule has 0 heterocycles. The topological polar surface area (TPSA) is 73.8 Å². The highest BCUT2D eigenvalue weighted by Crippen LogP contribution is 2.10. The van der Waals surface area contributed by atoms with Gasteiger partial charge in [0, 0.05) is 26.2 Å². The van der Waals surface area contributed by atoms with Crippen molar-refractivity contribution in [1.29, 1.82) is 0 Å². The van der Waals surface area contributed by atoms with Gasteiger partial charge >= 0.3 is 0 Å². The van der Waals surface area contributed by atoms with Crippen LogP contribution in [0.25, 0.3) is 0 Å². The van der Waals surface area contributed by atoms with Gasteiger partial charge in [0.15, 0.2) is 0 Å². The highest BCUT2D eigenvalue weighted by molar-refractivity contribution is 5.21. The van der Waals surface area contributed by atoms with E-state index < -0.39 is 12.2 Å². The van der Waals surface area contributed by atoms with E-state index in [2.05, 4.69) is 10.6 Å². The Hall–Kier alpha value is -1.92. The van der Waals surface area contributed by atoms with E-state index in [0.717, 1.165) is 17.9 Å². The molecule has 5 nitrogen and oxygen atoms in total. The first kappa shape index (κ1) is 18.4. The molecule has 0 saturated carbocycles. The minimum absolute atomic E-state index is 0.261. The van der Waals surface area contributed by atoms with Crippen LogP contribution in [0.15, 0.2) is 60.7 Å². The van der Waals surface area contributed by atoms with Crippen molar-refractivity contribution in [2.24, 2.45) is 0 Å². The van der Waals surface area contributed by atoms with Gasteiger partial charge in [0.25, 0.3) is 0 Å². The van der Waals surface area contributed by atoms with Crippen molar-refractivity contribution in [3.05, 3.63) is 66.2 Å². The number of aliphatic hydroxyl groups is 2. The summed E-state index contributed by atoms with van der Waals surface area (Å²) in [4.78, 5) is 0. The van der Waals surface area contributed by atoms with Crippen LogP contribution in [0, 0.1) is 0 Å². The lowest BCUT2D eigenvalue weighted by molar-refractivity contribution is 0.106. The zero-order chi connectivity index (χ0) is 17.0. The number of para-hydroxylation sites is 1. The van der Waals surface area contributed by atoms with Crippen molar-refractivity contribution in [2.45, 2.75) is 12.2 Å². The molecule has 2 aromatic carbocycles. The normalized spacial score (nSPS) is 13.4. The van der Waals surface area contributed by atoms with Crippen molar-refractivity contribution in [2.75, 3.05) is 32.8 Å². The van der Waals surface area contributed by atoms with Crippen molar-refractivity contribution in [3.63, 3.8) is 0 Å². The first-order valence-corrected chi connectivity index (χ1v) is 8.26. The van der Waals surface area contributed by atoms with Crippen LogP contribution in [-0.2, 0) is 0 Å². The average molecular weight is 330 g/mol. The minimum atomic E-state index is -0.555. The summed E-state index contributed by atoms with van der Waals surface area (Å²) >= 11 is 0. The molecule has 0 aliphatic heterocycles. The first-order chi connectivity index (χ1) is 11.8. The Bertz CT molecular complexity index is 551. The average Bonchev–Trinajstić information content (AvgIpc) is 2.64. The van der Waals surface area contributed by atoms with Crippen LogP contribution in [0.2, 0.25) is 0 Å². The van der Waals surface area contributed by atoms with Gasteiger partial charge in [0.1, 0.15) is 18.5 Å². The van der Waals surface area contributed by atoms with Gasteiger partial charge < -0.3 is 25.6 Å². The molecule has 130 valence electrons. The monoisotopic (exact) mass is 330 g/mol. The van der Waals surface area contributed by atoms with Crippen molar-refractivity contribution in [3.8, 4) is 5.75 Å². The van der Waals surface area contributed by atoms with Gasteiger partial charge in [-0.2, -0.15) is 0 Å². The standard InChI is InChI=1S/C19H26N2O3/c22-17(15-24-18-9-5-2-6-10-18)13-20-11-12-21-14-19(23)16-7-3-1-4-8-16/h1-10,17,19-23H,11-15H2. The SMILES string of the molecule is OC(CNCCNCC(O)c1ccccc1)COc1ccccc1. The predicted molar refractivity (Wildman–Crippen MR) is 95.1 cm³/mol. The number of aliphatic hydroxyl groups excluding tert-OH is 2. The van der Waals surface area contributed by atoms with Gasteiger partial charge in [-0.15, -0.1) is 0 Å². The quantitative estimate of drug-likeness (QED) is 0.468. The van der Waals surface area contributed by atoms with Crippen molar-refractivity contribution >= 4 is 0 Å². The van der Waals surface area contributed by atoms with E-state index in [4.69, 9.17) is 4.74 Å². The molecule has 0 radical (unpaired) electrons. The van der Waals surface area contributed by atoms with Gasteiger partial charge in [-0.3, -0.25) is 0 Å². The predicted octanol–water partition coefficient (Wildman–Crippen LogP) is 1.34. The molecule has 24 heavy (non-hydrogen) atoms. The van der Waals surface area contributed by atoms with Crippen LogP contribution < -0.4 is 15.4 Å². The number of benzene rings is 2. The van der Waals surface area contributed by atoms with Crippen LogP contribution in [0.5, 0.6) is 5.75 Å². The Kier molecular flexibility index (Phi) is 8.27. The van der Waals surface area contributed by atoms with Crippen LogP contribution in [-0.4, -0.2) is 49.1 Å². The zero-order valence-electron chi connectivity index (χ0n) is 13.8. The number of hydrogen-bond donors (Lipinski definition) is 4. The third-order valence-electron chi connectivity index (χ3n) is 3.57. The Morgan fingerprint density at radius 2 is 1.38 bits per heavy atom. The summed E-state index contributed by atoms with van der Waals surface area (Å²) in [5.74, 6) is 0.758. The van der Waals surface area contributed by atoms with Gasteiger partial charge in [-0.1, -0.05) is 48.5 Å².